The molecule has 2 saturated heterocycles. The van der Waals surface area contributed by atoms with Crippen LogP contribution in [0.4, 0.5) is 11.4 Å². The number of fused-ring (bicyclic) bond motifs is 1. The lowest BCUT2D eigenvalue weighted by molar-refractivity contribution is 0.0697. The number of nitrogens with one attached hydrogen (secondary N) is 1. The number of carboxylic acid groups (broad SMARTS) is 1. The molecule has 0 amide bonds. The van der Waals surface area contributed by atoms with Crippen LogP contribution in [0.3, 0.4) is 0 Å². The molecule has 5 nitrogen and oxygen atoms in total. The van der Waals surface area contributed by atoms with Crippen molar-refractivity contribution in [1.82, 2.24) is 4.90 Å². The number of carboxylic acids is 1. The fraction of sp³-hybridized carbons (Fsp3) is 0.500. The van der Waals surface area contributed by atoms with Gasteiger partial charge in [-0.15, -0.1) is 0 Å². The van der Waals surface area contributed by atoms with Gasteiger partial charge in [-0.1, -0.05) is 0 Å². The molecule has 0 spiro atoms. The van der Waals surface area contributed by atoms with Crippen molar-refractivity contribution in [1.29, 1.82) is 0 Å². The Hall–Kier alpha value is -1.75. The van der Waals surface area contributed by atoms with Gasteiger partial charge in [0.15, 0.2) is 0 Å². The van der Waals surface area contributed by atoms with Gasteiger partial charge in [-0.2, -0.15) is 0 Å². The van der Waals surface area contributed by atoms with E-state index in [1.165, 1.54) is 19.4 Å². The average molecular weight is 261 g/mol. The maximum Gasteiger partial charge on any atom is 0.335 e. The second kappa shape index (κ2) is 4.74. The van der Waals surface area contributed by atoms with Crippen LogP contribution in [-0.4, -0.2) is 41.1 Å². The highest BCUT2D eigenvalue weighted by molar-refractivity contribution is 5.90. The van der Waals surface area contributed by atoms with Gasteiger partial charge in [0.05, 0.1) is 16.9 Å². The molecule has 0 aromatic heterocycles. The molecule has 2 aliphatic heterocycles. The minimum Gasteiger partial charge on any atom is -0.478 e. The Labute approximate surface area is 112 Å². The number of nitrogens with two attached hydrogens (primary N) is 1. The summed E-state index contributed by atoms with van der Waals surface area (Å²) in [6, 6.07) is 5.80. The largest absolute Gasteiger partial charge is 0.478 e. The van der Waals surface area contributed by atoms with Crippen molar-refractivity contribution < 1.29 is 9.90 Å². The van der Waals surface area contributed by atoms with Gasteiger partial charge in [-0.25, -0.2) is 4.79 Å². The number of nitrogens with zero attached hydrogens (tertiary/aromatic N) is 1. The van der Waals surface area contributed by atoms with Gasteiger partial charge in [0, 0.05) is 18.6 Å². The van der Waals surface area contributed by atoms with E-state index >= 15 is 0 Å². The van der Waals surface area contributed by atoms with Gasteiger partial charge in [0.25, 0.3) is 0 Å². The predicted octanol–water partition coefficient (Wildman–Crippen LogP) is 1.62. The quantitative estimate of drug-likeness (QED) is 0.721. The molecule has 102 valence electrons. The highest BCUT2D eigenvalue weighted by Crippen LogP contribution is 2.31. The van der Waals surface area contributed by atoms with Crippen molar-refractivity contribution in [2.45, 2.75) is 31.3 Å². The number of hydrogen-bond acceptors (Lipinski definition) is 4. The number of carbonyl (C=O) groups is 1. The molecule has 2 atom stereocenters. The molecule has 1 aromatic carbocycles. The Morgan fingerprint density at radius 1 is 1.37 bits per heavy atom. The van der Waals surface area contributed by atoms with Crippen LogP contribution < -0.4 is 11.1 Å². The van der Waals surface area contributed by atoms with Crippen molar-refractivity contribution in [3.05, 3.63) is 23.8 Å². The molecular weight excluding hydrogens is 242 g/mol. The third-order valence-electron chi connectivity index (χ3n) is 4.25. The lowest BCUT2D eigenvalue weighted by atomic mass is 10.1. The minimum atomic E-state index is -0.919. The first-order valence-corrected chi connectivity index (χ1v) is 6.78. The third-order valence-corrected chi connectivity index (χ3v) is 4.25. The van der Waals surface area contributed by atoms with E-state index in [9.17, 15) is 4.79 Å². The van der Waals surface area contributed by atoms with Crippen LogP contribution in [0.2, 0.25) is 0 Å². The van der Waals surface area contributed by atoms with Gasteiger partial charge in [0.1, 0.15) is 0 Å². The monoisotopic (exact) mass is 261 g/mol. The Morgan fingerprint density at radius 3 is 3.00 bits per heavy atom. The summed E-state index contributed by atoms with van der Waals surface area (Å²) in [7, 11) is 0. The number of hydrogen-bond donors (Lipinski definition) is 3. The fourth-order valence-corrected chi connectivity index (χ4v) is 3.26. The molecule has 3 rings (SSSR count). The molecule has 2 unspecified atom stereocenters. The molecule has 4 N–H and O–H groups in total. The molecule has 0 bridgehead atoms. The van der Waals surface area contributed by atoms with Crippen LogP contribution in [0, 0.1) is 0 Å². The summed E-state index contributed by atoms with van der Waals surface area (Å²) in [5.41, 5.74) is 7.57. The number of rotatable bonds is 3. The van der Waals surface area contributed by atoms with E-state index in [1.807, 2.05) is 0 Å². The van der Waals surface area contributed by atoms with Crippen LogP contribution in [0.25, 0.3) is 0 Å². The van der Waals surface area contributed by atoms with E-state index in [1.54, 1.807) is 18.2 Å². The van der Waals surface area contributed by atoms with Crippen LogP contribution in [-0.2, 0) is 0 Å². The van der Waals surface area contributed by atoms with Crippen molar-refractivity contribution in [3.8, 4) is 0 Å². The first-order valence-electron chi connectivity index (χ1n) is 6.78. The SMILES string of the molecule is Nc1ccc(C(=O)O)cc1NC1CCN2CCCC12. The Bertz CT molecular complexity index is 503. The molecular formula is C14H19N3O2. The summed E-state index contributed by atoms with van der Waals surface area (Å²) in [4.78, 5) is 13.5. The molecule has 0 radical (unpaired) electrons. The zero-order chi connectivity index (χ0) is 13.4. The number of nitrogen functional groups attached to an aromatic ring is 1. The normalized spacial score (nSPS) is 26.3. The average Bonchev–Trinajstić information content (AvgIpc) is 2.96. The van der Waals surface area contributed by atoms with Crippen molar-refractivity contribution in [2.24, 2.45) is 0 Å². The first kappa shape index (κ1) is 12.3. The Balaban J connectivity index is 1.79. The highest BCUT2D eigenvalue weighted by Gasteiger charge is 2.37. The molecule has 0 aliphatic carbocycles. The summed E-state index contributed by atoms with van der Waals surface area (Å²) in [5.74, 6) is -0.919. The molecule has 2 aliphatic rings. The van der Waals surface area contributed by atoms with Crippen LogP contribution >= 0.6 is 0 Å². The van der Waals surface area contributed by atoms with Crippen molar-refractivity contribution in [3.63, 3.8) is 0 Å². The summed E-state index contributed by atoms with van der Waals surface area (Å²) in [5, 5.41) is 12.5. The summed E-state index contributed by atoms with van der Waals surface area (Å²) < 4.78 is 0. The second-order valence-corrected chi connectivity index (χ2v) is 5.39. The van der Waals surface area contributed by atoms with E-state index in [2.05, 4.69) is 10.2 Å². The Kier molecular flexibility index (Phi) is 3.06. The highest BCUT2D eigenvalue weighted by atomic mass is 16.4. The van der Waals surface area contributed by atoms with Crippen LogP contribution in [0.5, 0.6) is 0 Å². The van der Waals surface area contributed by atoms with Gasteiger partial charge in [-0.3, -0.25) is 4.90 Å². The van der Waals surface area contributed by atoms with Gasteiger partial charge in [-0.05, 0) is 44.0 Å². The molecule has 2 heterocycles. The summed E-state index contributed by atoms with van der Waals surface area (Å²) >= 11 is 0. The maximum absolute atomic E-state index is 11.0. The van der Waals surface area contributed by atoms with Crippen molar-refractivity contribution >= 4 is 17.3 Å². The maximum atomic E-state index is 11.0. The molecule has 1 aromatic rings. The Morgan fingerprint density at radius 2 is 2.21 bits per heavy atom. The predicted molar refractivity (Wildman–Crippen MR) is 74.4 cm³/mol. The van der Waals surface area contributed by atoms with E-state index in [4.69, 9.17) is 10.8 Å². The zero-order valence-electron chi connectivity index (χ0n) is 10.8. The van der Waals surface area contributed by atoms with E-state index < -0.39 is 5.97 Å². The third kappa shape index (κ3) is 2.26. The molecule has 5 heteroatoms. The van der Waals surface area contributed by atoms with E-state index in [0.29, 0.717) is 17.8 Å². The summed E-state index contributed by atoms with van der Waals surface area (Å²) in [6.45, 7) is 2.31. The van der Waals surface area contributed by atoms with Gasteiger partial charge < -0.3 is 16.2 Å². The van der Waals surface area contributed by atoms with Gasteiger partial charge >= 0.3 is 5.97 Å². The topological polar surface area (TPSA) is 78.6 Å². The standard InChI is InChI=1S/C14H19N3O2/c15-10-4-3-9(14(18)19)8-12(10)16-11-5-7-17-6-1-2-13(11)17/h3-4,8,11,13,16H,1-2,5-7,15H2,(H,18,19). The zero-order valence-corrected chi connectivity index (χ0v) is 10.8. The fourth-order valence-electron chi connectivity index (χ4n) is 3.26. The molecule has 0 saturated carbocycles. The van der Waals surface area contributed by atoms with Gasteiger partial charge in [0.2, 0.25) is 0 Å². The minimum absolute atomic E-state index is 0.276. The first-order chi connectivity index (χ1) is 9.15. The van der Waals surface area contributed by atoms with Crippen LogP contribution in [0.15, 0.2) is 18.2 Å². The second-order valence-electron chi connectivity index (χ2n) is 5.39. The summed E-state index contributed by atoms with van der Waals surface area (Å²) in [6.07, 6.45) is 3.57. The van der Waals surface area contributed by atoms with E-state index in [-0.39, 0.29) is 5.56 Å². The van der Waals surface area contributed by atoms with Crippen molar-refractivity contribution in [2.75, 3.05) is 24.1 Å². The molecule has 2 fully saturated rings. The number of anilines is 2. The smallest absolute Gasteiger partial charge is 0.335 e. The lowest BCUT2D eigenvalue weighted by Crippen LogP contribution is -2.34. The lowest BCUT2D eigenvalue weighted by Gasteiger charge is -2.23. The number of aromatic carboxylic acids is 1. The van der Waals surface area contributed by atoms with E-state index in [0.717, 1.165) is 18.7 Å². The van der Waals surface area contributed by atoms with Crippen LogP contribution in [0.1, 0.15) is 29.6 Å². The molecule has 19 heavy (non-hydrogen) atoms. The number of benzene rings is 1.